The van der Waals surface area contributed by atoms with Gasteiger partial charge in [0.1, 0.15) is 18.7 Å². The van der Waals surface area contributed by atoms with E-state index >= 15 is 0 Å². The first-order valence-electron chi connectivity index (χ1n) is 5.43. The van der Waals surface area contributed by atoms with Crippen molar-refractivity contribution in [2.24, 2.45) is 0 Å². The largest absolute Gasteiger partial charge is 0.486 e. The zero-order valence-electron chi connectivity index (χ0n) is 9.80. The molecular weight excluding hydrogens is 282 g/mol. The molecule has 1 aromatic carbocycles. The Balaban J connectivity index is 2.05. The van der Waals surface area contributed by atoms with E-state index in [0.29, 0.717) is 12.6 Å². The van der Waals surface area contributed by atoms with Crippen LogP contribution in [0.2, 0.25) is 0 Å². The lowest BCUT2D eigenvalue weighted by atomic mass is 10.3. The van der Waals surface area contributed by atoms with Gasteiger partial charge in [-0.1, -0.05) is 22.0 Å². The van der Waals surface area contributed by atoms with Crippen molar-refractivity contribution < 1.29 is 4.74 Å². The summed E-state index contributed by atoms with van der Waals surface area (Å²) in [6, 6.07) is 8.03. The van der Waals surface area contributed by atoms with Crippen LogP contribution in [0.1, 0.15) is 25.7 Å². The topological polar surface area (TPSA) is 39.9 Å². The van der Waals surface area contributed by atoms with Crippen LogP contribution in [0.4, 0.5) is 0 Å². The lowest BCUT2D eigenvalue weighted by Crippen LogP contribution is -2.10. The predicted octanol–water partition coefficient (Wildman–Crippen LogP) is 3.20. The second-order valence-electron chi connectivity index (χ2n) is 3.96. The summed E-state index contributed by atoms with van der Waals surface area (Å²) in [7, 11) is 0. The smallest absolute Gasteiger partial charge is 0.165 e. The van der Waals surface area contributed by atoms with Gasteiger partial charge in [-0.2, -0.15) is 5.10 Å². The van der Waals surface area contributed by atoms with E-state index in [1.165, 1.54) is 0 Å². The molecule has 0 aliphatic carbocycles. The van der Waals surface area contributed by atoms with Crippen molar-refractivity contribution in [2.75, 3.05) is 0 Å². The molecule has 90 valence electrons. The molecule has 5 heteroatoms. The molecule has 0 bridgehead atoms. The van der Waals surface area contributed by atoms with E-state index in [1.54, 1.807) is 6.33 Å². The average molecular weight is 296 g/mol. The molecule has 1 aromatic heterocycles. The molecule has 0 spiro atoms. The first-order valence-corrected chi connectivity index (χ1v) is 6.23. The van der Waals surface area contributed by atoms with Gasteiger partial charge in [-0.05, 0) is 32.0 Å². The van der Waals surface area contributed by atoms with Crippen LogP contribution in [0, 0.1) is 0 Å². The molecular formula is C12H14BrN3O. The third-order valence-electron chi connectivity index (χ3n) is 2.30. The van der Waals surface area contributed by atoms with Crippen molar-refractivity contribution in [1.82, 2.24) is 14.8 Å². The second kappa shape index (κ2) is 5.31. The Morgan fingerprint density at radius 2 is 2.24 bits per heavy atom. The zero-order valence-corrected chi connectivity index (χ0v) is 11.4. The highest BCUT2D eigenvalue weighted by atomic mass is 79.9. The van der Waals surface area contributed by atoms with Gasteiger partial charge in [0.2, 0.25) is 0 Å². The van der Waals surface area contributed by atoms with Gasteiger partial charge < -0.3 is 4.74 Å². The van der Waals surface area contributed by atoms with Gasteiger partial charge >= 0.3 is 0 Å². The lowest BCUT2D eigenvalue weighted by molar-refractivity contribution is 0.282. The van der Waals surface area contributed by atoms with Gasteiger partial charge in [-0.25, -0.2) is 9.67 Å². The van der Waals surface area contributed by atoms with E-state index in [4.69, 9.17) is 4.74 Å². The molecule has 0 aliphatic rings. The lowest BCUT2D eigenvalue weighted by Gasteiger charge is -2.10. The average Bonchev–Trinajstić information content (AvgIpc) is 2.74. The standard InChI is InChI=1S/C12H14BrN3O/c1-9(2)16-12(14-8-15-16)7-17-11-5-3-4-10(13)6-11/h3-6,8-9H,7H2,1-2H3. The van der Waals surface area contributed by atoms with Crippen LogP contribution < -0.4 is 4.74 Å². The number of aromatic nitrogens is 3. The van der Waals surface area contributed by atoms with Crippen molar-refractivity contribution in [2.45, 2.75) is 26.5 Å². The molecule has 0 radical (unpaired) electrons. The van der Waals surface area contributed by atoms with Gasteiger partial charge in [-0.15, -0.1) is 0 Å². The summed E-state index contributed by atoms with van der Waals surface area (Å²) in [5, 5.41) is 4.16. The maximum absolute atomic E-state index is 5.67. The third-order valence-corrected chi connectivity index (χ3v) is 2.79. The van der Waals surface area contributed by atoms with E-state index in [9.17, 15) is 0 Å². The number of hydrogen-bond acceptors (Lipinski definition) is 3. The van der Waals surface area contributed by atoms with Crippen LogP contribution in [-0.4, -0.2) is 14.8 Å². The maximum atomic E-state index is 5.67. The third kappa shape index (κ3) is 3.06. The van der Waals surface area contributed by atoms with Crippen molar-refractivity contribution in [3.8, 4) is 5.75 Å². The first-order chi connectivity index (χ1) is 8.16. The predicted molar refractivity (Wildman–Crippen MR) is 68.9 cm³/mol. The fraction of sp³-hybridized carbons (Fsp3) is 0.333. The van der Waals surface area contributed by atoms with E-state index in [0.717, 1.165) is 16.0 Å². The van der Waals surface area contributed by atoms with E-state index in [-0.39, 0.29) is 0 Å². The first kappa shape index (κ1) is 12.1. The molecule has 0 fully saturated rings. The highest BCUT2D eigenvalue weighted by molar-refractivity contribution is 9.10. The Bertz CT molecular complexity index is 496. The molecule has 0 saturated carbocycles. The summed E-state index contributed by atoms with van der Waals surface area (Å²) in [5.41, 5.74) is 0. The van der Waals surface area contributed by atoms with Crippen LogP contribution in [-0.2, 0) is 6.61 Å². The Labute approximate surface area is 109 Å². The Hall–Kier alpha value is -1.36. The van der Waals surface area contributed by atoms with Crippen molar-refractivity contribution in [3.63, 3.8) is 0 Å². The minimum absolute atomic E-state index is 0.290. The highest BCUT2D eigenvalue weighted by Gasteiger charge is 2.07. The highest BCUT2D eigenvalue weighted by Crippen LogP contribution is 2.18. The van der Waals surface area contributed by atoms with Crippen molar-refractivity contribution in [1.29, 1.82) is 0 Å². The molecule has 0 amide bonds. The van der Waals surface area contributed by atoms with Gasteiger partial charge in [0, 0.05) is 10.5 Å². The number of rotatable bonds is 4. The minimum Gasteiger partial charge on any atom is -0.486 e. The normalized spacial score (nSPS) is 10.8. The molecule has 17 heavy (non-hydrogen) atoms. The molecule has 0 N–H and O–H groups in total. The zero-order chi connectivity index (χ0) is 12.3. The number of benzene rings is 1. The van der Waals surface area contributed by atoms with Crippen molar-refractivity contribution in [3.05, 3.63) is 40.9 Å². The molecule has 2 aromatic rings. The number of ether oxygens (including phenoxy) is 1. The minimum atomic E-state index is 0.290. The van der Waals surface area contributed by atoms with Gasteiger partial charge in [0.05, 0.1) is 0 Å². The molecule has 1 heterocycles. The van der Waals surface area contributed by atoms with Crippen LogP contribution in [0.15, 0.2) is 35.1 Å². The van der Waals surface area contributed by atoms with Gasteiger partial charge in [0.25, 0.3) is 0 Å². The summed E-state index contributed by atoms with van der Waals surface area (Å²) >= 11 is 3.41. The second-order valence-corrected chi connectivity index (χ2v) is 4.88. The molecule has 0 unspecified atom stereocenters. The molecule has 2 rings (SSSR count). The van der Waals surface area contributed by atoms with Gasteiger partial charge in [0.15, 0.2) is 5.82 Å². The number of halogens is 1. The fourth-order valence-corrected chi connectivity index (χ4v) is 1.89. The quantitative estimate of drug-likeness (QED) is 0.870. The Morgan fingerprint density at radius 3 is 2.94 bits per heavy atom. The maximum Gasteiger partial charge on any atom is 0.165 e. The van der Waals surface area contributed by atoms with Gasteiger partial charge in [-0.3, -0.25) is 0 Å². The summed E-state index contributed by atoms with van der Waals surface area (Å²) in [6.07, 6.45) is 1.56. The number of hydrogen-bond donors (Lipinski definition) is 0. The van der Waals surface area contributed by atoms with E-state index in [2.05, 4.69) is 39.9 Å². The van der Waals surface area contributed by atoms with Crippen molar-refractivity contribution >= 4 is 15.9 Å². The summed E-state index contributed by atoms with van der Waals surface area (Å²) in [4.78, 5) is 4.19. The van der Waals surface area contributed by atoms with Crippen LogP contribution in [0.3, 0.4) is 0 Å². The molecule has 0 saturated heterocycles. The van der Waals surface area contributed by atoms with Crippen LogP contribution >= 0.6 is 15.9 Å². The summed E-state index contributed by atoms with van der Waals surface area (Å²) in [5.74, 6) is 1.65. The summed E-state index contributed by atoms with van der Waals surface area (Å²) < 4.78 is 8.53. The van der Waals surface area contributed by atoms with E-state index < -0.39 is 0 Å². The van der Waals surface area contributed by atoms with E-state index in [1.807, 2.05) is 28.9 Å². The Kier molecular flexibility index (Phi) is 3.78. The fourth-order valence-electron chi connectivity index (χ4n) is 1.51. The SMILES string of the molecule is CC(C)n1ncnc1COc1cccc(Br)c1. The molecule has 0 atom stereocenters. The molecule has 0 aliphatic heterocycles. The monoisotopic (exact) mass is 295 g/mol. The molecule has 4 nitrogen and oxygen atoms in total. The summed E-state index contributed by atoms with van der Waals surface area (Å²) in [6.45, 7) is 4.56. The number of nitrogens with zero attached hydrogens (tertiary/aromatic N) is 3. The van der Waals surface area contributed by atoms with Crippen LogP contribution in [0.5, 0.6) is 5.75 Å². The van der Waals surface area contributed by atoms with Crippen LogP contribution in [0.25, 0.3) is 0 Å². The Morgan fingerprint density at radius 1 is 1.41 bits per heavy atom.